The van der Waals surface area contributed by atoms with E-state index in [1.54, 1.807) is 30.3 Å². The van der Waals surface area contributed by atoms with Gasteiger partial charge in [0.05, 0.1) is 6.54 Å². The van der Waals surface area contributed by atoms with Crippen LogP contribution in [0, 0.1) is 23.7 Å². The Morgan fingerprint density at radius 1 is 0.857 bits per heavy atom. The van der Waals surface area contributed by atoms with Crippen molar-refractivity contribution in [1.29, 1.82) is 0 Å². The summed E-state index contributed by atoms with van der Waals surface area (Å²) in [5.74, 6) is -7.17. The Morgan fingerprint density at radius 3 is 2.11 bits per heavy atom. The van der Waals surface area contributed by atoms with Gasteiger partial charge in [-0.1, -0.05) is 71.9 Å². The predicted octanol–water partition coefficient (Wildman–Crippen LogP) is 1.88. The van der Waals surface area contributed by atoms with Crippen LogP contribution in [0.2, 0.25) is 0 Å². The summed E-state index contributed by atoms with van der Waals surface area (Å²) in [4.78, 5) is 122. The number of cyclic esters (lactones) is 1. The number of ether oxygens (including phenoxy) is 1. The molecule has 2 fully saturated rings. The topological polar surface area (TPSA) is 228 Å². The van der Waals surface area contributed by atoms with E-state index in [1.807, 2.05) is 41.5 Å². The Hall–Kier alpha value is -6.07. The molecule has 1 aromatic carbocycles. The van der Waals surface area contributed by atoms with E-state index in [0.717, 1.165) is 4.90 Å². The highest BCUT2D eigenvalue weighted by molar-refractivity contribution is 6.00. The quantitative estimate of drug-likeness (QED) is 0.294. The Bertz CT molecular complexity index is 2010. The van der Waals surface area contributed by atoms with Gasteiger partial charge in [0.25, 0.3) is 5.91 Å². The normalized spacial score (nSPS) is 27.0. The Kier molecular flexibility index (Phi) is 16.8. The second-order valence-corrected chi connectivity index (χ2v) is 17.7. The van der Waals surface area contributed by atoms with Gasteiger partial charge in [0.2, 0.25) is 35.4 Å². The molecule has 2 saturated heterocycles. The predicted molar refractivity (Wildman–Crippen MR) is 231 cm³/mol. The first kappa shape index (κ1) is 49.6. The second kappa shape index (κ2) is 21.3. The molecule has 18 nitrogen and oxygen atoms in total. The molecule has 2 aromatic rings. The van der Waals surface area contributed by atoms with Gasteiger partial charge in [-0.25, -0.2) is 9.78 Å². The summed E-state index contributed by atoms with van der Waals surface area (Å²) in [7, 11) is 4.26. The van der Waals surface area contributed by atoms with Gasteiger partial charge in [-0.15, -0.1) is 0 Å². The van der Waals surface area contributed by atoms with Crippen LogP contribution in [0.4, 0.5) is 0 Å². The maximum Gasteiger partial charge on any atom is 0.333 e. The first-order valence-electron chi connectivity index (χ1n) is 21.4. The molecule has 0 aliphatic carbocycles. The number of hydrogen-bond donors (Lipinski definition) is 4. The van der Waals surface area contributed by atoms with Crippen LogP contribution in [0.5, 0.6) is 5.75 Å². The van der Waals surface area contributed by atoms with Crippen molar-refractivity contribution in [3.05, 3.63) is 59.9 Å². The number of aromatic hydroxyl groups is 1. The van der Waals surface area contributed by atoms with Gasteiger partial charge in [0.1, 0.15) is 42.1 Å². The minimum atomic E-state index is -1.69. The SMILES string of the molecule is CC(C)C[C@H]1NC(=O)[C@@H](NC(=O)c2ncccc2O)C(C)OC(=O)[C@H](c2ccccc2)N(C)C(=O)[C@H](C)NC(=O)[C@H](C(C)C(C)C)N(C)C(=O)CN(C)C(=O)[C@H]2CC(C)CN2C1=O. The van der Waals surface area contributed by atoms with Crippen LogP contribution in [0.15, 0.2) is 48.7 Å². The van der Waals surface area contributed by atoms with Crippen molar-refractivity contribution in [3.8, 4) is 5.75 Å². The highest BCUT2D eigenvalue weighted by atomic mass is 16.5. The van der Waals surface area contributed by atoms with Crippen LogP contribution >= 0.6 is 0 Å². The van der Waals surface area contributed by atoms with E-state index in [0.29, 0.717) is 5.56 Å². The Balaban J connectivity index is 1.86. The van der Waals surface area contributed by atoms with E-state index < -0.39 is 114 Å². The van der Waals surface area contributed by atoms with E-state index in [9.17, 15) is 43.5 Å². The minimum absolute atomic E-state index is 0.0936. The lowest BCUT2D eigenvalue weighted by Crippen LogP contribution is -2.60. The molecule has 4 N–H and O–H groups in total. The van der Waals surface area contributed by atoms with Crippen molar-refractivity contribution in [3.63, 3.8) is 0 Å². The minimum Gasteiger partial charge on any atom is -0.505 e. The molecule has 3 unspecified atom stereocenters. The van der Waals surface area contributed by atoms with Gasteiger partial charge in [-0.3, -0.25) is 33.6 Å². The highest BCUT2D eigenvalue weighted by Crippen LogP contribution is 2.28. The summed E-state index contributed by atoms with van der Waals surface area (Å²) in [6, 6.07) is 3.22. The summed E-state index contributed by atoms with van der Waals surface area (Å²) in [6.45, 7) is 13.7. The van der Waals surface area contributed by atoms with E-state index in [1.165, 1.54) is 68.0 Å². The van der Waals surface area contributed by atoms with E-state index in [2.05, 4.69) is 20.9 Å². The molecule has 4 rings (SSSR count). The van der Waals surface area contributed by atoms with E-state index >= 15 is 0 Å². The number of carbonyl (C=O) groups excluding carboxylic acids is 8. The van der Waals surface area contributed by atoms with Crippen LogP contribution < -0.4 is 16.0 Å². The second-order valence-electron chi connectivity index (χ2n) is 17.7. The number of aromatic nitrogens is 1. The zero-order chi connectivity index (χ0) is 47.0. The van der Waals surface area contributed by atoms with Gasteiger partial charge in [0.15, 0.2) is 11.7 Å². The fourth-order valence-corrected chi connectivity index (χ4v) is 8.05. The van der Waals surface area contributed by atoms with Crippen LogP contribution in [0.1, 0.15) is 90.3 Å². The largest absolute Gasteiger partial charge is 0.505 e. The molecule has 0 bridgehead atoms. The first-order valence-corrected chi connectivity index (χ1v) is 21.4. The fraction of sp³-hybridized carbons (Fsp3) is 0.578. The molecule has 0 spiro atoms. The lowest BCUT2D eigenvalue weighted by Gasteiger charge is -2.37. The summed E-state index contributed by atoms with van der Waals surface area (Å²) < 4.78 is 5.94. The van der Waals surface area contributed by atoms with E-state index in [4.69, 9.17) is 4.74 Å². The third-order valence-electron chi connectivity index (χ3n) is 11.9. The van der Waals surface area contributed by atoms with Crippen LogP contribution in [-0.4, -0.2) is 148 Å². The number of fused-ring (bicyclic) bond motifs is 1. The molecule has 63 heavy (non-hydrogen) atoms. The smallest absolute Gasteiger partial charge is 0.333 e. The molecule has 0 saturated carbocycles. The number of rotatable bonds is 7. The van der Waals surface area contributed by atoms with Crippen molar-refractivity contribution in [2.75, 3.05) is 34.2 Å². The molecular formula is C45H64N8O10. The third kappa shape index (κ3) is 11.9. The molecule has 0 radical (unpaired) electrons. The van der Waals surface area contributed by atoms with Crippen LogP contribution in [0.3, 0.4) is 0 Å². The molecule has 1 aromatic heterocycles. The number of amides is 7. The zero-order valence-corrected chi connectivity index (χ0v) is 38.2. The summed E-state index contributed by atoms with van der Waals surface area (Å²) in [6.07, 6.45) is 0.190. The number of pyridine rings is 1. The van der Waals surface area contributed by atoms with Gasteiger partial charge in [-0.2, -0.15) is 0 Å². The number of hydrogen-bond acceptors (Lipinski definition) is 11. The molecule has 3 heterocycles. The maximum absolute atomic E-state index is 14.6. The monoisotopic (exact) mass is 876 g/mol. The van der Waals surface area contributed by atoms with Crippen molar-refractivity contribution in [2.45, 2.75) is 111 Å². The molecule has 2 aliphatic heterocycles. The first-order chi connectivity index (χ1) is 29.5. The van der Waals surface area contributed by atoms with Crippen LogP contribution in [0.25, 0.3) is 0 Å². The van der Waals surface area contributed by atoms with E-state index in [-0.39, 0.29) is 37.1 Å². The Morgan fingerprint density at radius 2 is 1.51 bits per heavy atom. The highest BCUT2D eigenvalue weighted by Gasteiger charge is 2.44. The number of likely N-dealkylation sites (N-methyl/N-ethyl adjacent to an activating group) is 3. The summed E-state index contributed by atoms with van der Waals surface area (Å²) in [5, 5.41) is 18.5. The van der Waals surface area contributed by atoms with Crippen molar-refractivity contribution < 1.29 is 48.2 Å². The third-order valence-corrected chi connectivity index (χ3v) is 11.9. The van der Waals surface area contributed by atoms with Gasteiger partial charge >= 0.3 is 5.97 Å². The number of benzene rings is 1. The van der Waals surface area contributed by atoms with Crippen LogP contribution in [-0.2, 0) is 38.3 Å². The summed E-state index contributed by atoms with van der Waals surface area (Å²) in [5.41, 5.74) is -0.0965. The summed E-state index contributed by atoms with van der Waals surface area (Å²) >= 11 is 0. The maximum atomic E-state index is 14.6. The Labute approximate surface area is 369 Å². The van der Waals surface area contributed by atoms with Gasteiger partial charge in [0, 0.05) is 33.9 Å². The number of esters is 1. The van der Waals surface area contributed by atoms with Crippen molar-refractivity contribution in [1.82, 2.24) is 40.5 Å². The molecule has 18 heteroatoms. The number of nitrogens with one attached hydrogen (secondary N) is 3. The van der Waals surface area contributed by atoms with Gasteiger partial charge < -0.3 is 45.4 Å². The molecule has 9 atom stereocenters. The lowest BCUT2D eigenvalue weighted by atomic mass is 9.88. The standard InChI is InChI=1S/C45H64N8O10/c1-24(2)20-31-43(60)53-22-26(5)21-32(53)44(61)50(9)23-34(55)51(10)37(27(6)25(3)4)41(58)47-28(7)42(59)52(11)38(30-16-13-12-14-17-30)45(62)63-29(8)35(39(56)48-31)49-40(57)36-33(54)18-15-19-46-36/h12-19,24-29,31-32,35,37-38,54H,20-23H2,1-11H3,(H,47,58)(H,48,56)(H,49,57)/t26?,27?,28-,29?,31+,32+,35-,37-,38-/m0/s1. The molecule has 344 valence electrons. The van der Waals surface area contributed by atoms with Gasteiger partial charge in [-0.05, 0) is 68.1 Å². The molecular weight excluding hydrogens is 813 g/mol. The molecule has 7 amide bonds. The average molecular weight is 877 g/mol. The lowest BCUT2D eigenvalue weighted by molar-refractivity contribution is -0.161. The fourth-order valence-electron chi connectivity index (χ4n) is 8.05. The van der Waals surface area contributed by atoms with Crippen molar-refractivity contribution >= 4 is 47.3 Å². The number of carbonyl (C=O) groups is 8. The number of nitrogens with zero attached hydrogens (tertiary/aromatic N) is 5. The zero-order valence-electron chi connectivity index (χ0n) is 38.2. The molecule has 2 aliphatic rings. The van der Waals surface area contributed by atoms with Crippen molar-refractivity contribution in [2.24, 2.45) is 23.7 Å². The average Bonchev–Trinajstić information content (AvgIpc) is 3.62.